The molecule has 0 atom stereocenters. The van der Waals surface area contributed by atoms with Crippen molar-refractivity contribution in [3.63, 3.8) is 0 Å². The molecule has 0 spiro atoms. The number of aldehydes is 1. The summed E-state index contributed by atoms with van der Waals surface area (Å²) in [4.78, 5) is 10.6. The van der Waals surface area contributed by atoms with Crippen molar-refractivity contribution < 1.29 is 31.1 Å². The molecule has 0 unspecified atom stereocenters. The van der Waals surface area contributed by atoms with Gasteiger partial charge in [0.1, 0.15) is 0 Å². The topological polar surface area (TPSA) is 47.8 Å². The van der Waals surface area contributed by atoms with Crippen LogP contribution in [0, 0.1) is 0 Å². The minimum absolute atomic E-state index is 0.0172. The van der Waals surface area contributed by atoms with E-state index >= 15 is 0 Å². The third-order valence-corrected chi connectivity index (χ3v) is 3.18. The third kappa shape index (κ3) is 3.81. The molecule has 0 amide bonds. The van der Waals surface area contributed by atoms with Crippen LogP contribution in [0.2, 0.25) is 5.15 Å². The van der Waals surface area contributed by atoms with E-state index in [1.807, 2.05) is 0 Å². The Kier molecular flexibility index (Phi) is 4.38. The van der Waals surface area contributed by atoms with E-state index in [0.29, 0.717) is 12.1 Å². The van der Waals surface area contributed by atoms with Crippen molar-refractivity contribution in [3.8, 4) is 0 Å². The average molecular weight is 358 g/mol. The van der Waals surface area contributed by atoms with Crippen LogP contribution in [0.1, 0.15) is 27.2 Å². The SMILES string of the molecule is O=Cc1nnn(Cc2cc(C(F)(F)F)cc(C(F)(F)F)c2)c1Cl. The molecule has 124 valence electrons. The molecule has 0 aliphatic rings. The molecule has 1 aromatic heterocycles. The van der Waals surface area contributed by atoms with Crippen LogP contribution in [0.4, 0.5) is 26.3 Å². The van der Waals surface area contributed by atoms with Crippen molar-refractivity contribution in [1.29, 1.82) is 0 Å². The van der Waals surface area contributed by atoms with Crippen molar-refractivity contribution in [1.82, 2.24) is 15.0 Å². The second-order valence-electron chi connectivity index (χ2n) is 4.46. The van der Waals surface area contributed by atoms with Crippen LogP contribution >= 0.6 is 11.6 Å². The highest BCUT2D eigenvalue weighted by Crippen LogP contribution is 2.36. The lowest BCUT2D eigenvalue weighted by molar-refractivity contribution is -0.143. The number of carbonyl (C=O) groups is 1. The van der Waals surface area contributed by atoms with Gasteiger partial charge in [0.2, 0.25) is 0 Å². The molecule has 0 aliphatic carbocycles. The van der Waals surface area contributed by atoms with Gasteiger partial charge in [-0.3, -0.25) is 4.79 Å². The molecule has 1 heterocycles. The van der Waals surface area contributed by atoms with Crippen LogP contribution in [0.5, 0.6) is 0 Å². The Bertz CT molecular complexity index is 705. The van der Waals surface area contributed by atoms with Gasteiger partial charge in [-0.15, -0.1) is 5.10 Å². The lowest BCUT2D eigenvalue weighted by Gasteiger charge is -2.14. The first-order valence-corrected chi connectivity index (χ1v) is 6.22. The molecule has 0 aliphatic heterocycles. The van der Waals surface area contributed by atoms with Gasteiger partial charge in [-0.05, 0) is 23.8 Å². The number of aromatic nitrogens is 3. The van der Waals surface area contributed by atoms with Gasteiger partial charge in [-0.1, -0.05) is 16.8 Å². The zero-order valence-corrected chi connectivity index (χ0v) is 11.7. The maximum atomic E-state index is 12.7. The Balaban J connectivity index is 2.49. The molecule has 0 radical (unpaired) electrons. The molecule has 0 saturated carbocycles. The van der Waals surface area contributed by atoms with Gasteiger partial charge < -0.3 is 0 Å². The van der Waals surface area contributed by atoms with Crippen LogP contribution < -0.4 is 0 Å². The fourth-order valence-corrected chi connectivity index (χ4v) is 1.95. The van der Waals surface area contributed by atoms with Crippen LogP contribution in [0.25, 0.3) is 0 Å². The molecule has 0 N–H and O–H groups in total. The normalized spacial score (nSPS) is 12.5. The van der Waals surface area contributed by atoms with Crippen molar-refractivity contribution >= 4 is 17.9 Å². The van der Waals surface area contributed by atoms with E-state index in [2.05, 4.69) is 10.3 Å². The van der Waals surface area contributed by atoms with E-state index in [0.717, 1.165) is 4.68 Å². The second kappa shape index (κ2) is 5.84. The van der Waals surface area contributed by atoms with Gasteiger partial charge in [0.05, 0.1) is 17.7 Å². The largest absolute Gasteiger partial charge is 0.416 e. The molecule has 11 heteroatoms. The van der Waals surface area contributed by atoms with E-state index in [-0.39, 0.29) is 28.8 Å². The fraction of sp³-hybridized carbons (Fsp3) is 0.250. The predicted octanol–water partition coefficient (Wildman–Crippen LogP) is 3.83. The summed E-state index contributed by atoms with van der Waals surface area (Å²) in [5, 5.41) is 6.46. The molecule has 0 bridgehead atoms. The molecule has 2 aromatic rings. The number of alkyl halides is 6. The van der Waals surface area contributed by atoms with Gasteiger partial charge in [-0.2, -0.15) is 26.3 Å². The average Bonchev–Trinajstić information content (AvgIpc) is 2.77. The van der Waals surface area contributed by atoms with Gasteiger partial charge in [-0.25, -0.2) is 4.68 Å². The number of hydrogen-bond donors (Lipinski definition) is 0. The third-order valence-electron chi connectivity index (χ3n) is 2.79. The summed E-state index contributed by atoms with van der Waals surface area (Å²) < 4.78 is 77.3. The summed E-state index contributed by atoms with van der Waals surface area (Å²) in [6, 6.07) is 1.12. The molecule has 23 heavy (non-hydrogen) atoms. The quantitative estimate of drug-likeness (QED) is 0.619. The molecule has 4 nitrogen and oxygen atoms in total. The van der Waals surface area contributed by atoms with Gasteiger partial charge in [0, 0.05) is 0 Å². The monoisotopic (exact) mass is 357 g/mol. The Morgan fingerprint density at radius 1 is 1.04 bits per heavy atom. The zero-order chi connectivity index (χ0) is 17.4. The molecule has 1 aromatic carbocycles. The first kappa shape index (κ1) is 17.3. The van der Waals surface area contributed by atoms with Crippen LogP contribution in [-0.2, 0) is 18.9 Å². The van der Waals surface area contributed by atoms with Crippen molar-refractivity contribution in [2.75, 3.05) is 0 Å². The Morgan fingerprint density at radius 3 is 1.96 bits per heavy atom. The number of nitrogens with zero attached hydrogens (tertiary/aromatic N) is 3. The first-order chi connectivity index (χ1) is 10.5. The van der Waals surface area contributed by atoms with Crippen molar-refractivity contribution in [2.45, 2.75) is 18.9 Å². The van der Waals surface area contributed by atoms with Crippen LogP contribution in [0.3, 0.4) is 0 Å². The highest BCUT2D eigenvalue weighted by atomic mass is 35.5. The number of benzene rings is 1. The molecule has 0 saturated heterocycles. The van der Waals surface area contributed by atoms with Gasteiger partial charge in [0.25, 0.3) is 0 Å². The summed E-state index contributed by atoms with van der Waals surface area (Å²) in [5.41, 5.74) is -3.51. The van der Waals surface area contributed by atoms with E-state index < -0.39 is 30.0 Å². The maximum absolute atomic E-state index is 12.7. The number of rotatable bonds is 3. The first-order valence-electron chi connectivity index (χ1n) is 5.85. The van der Waals surface area contributed by atoms with Crippen molar-refractivity contribution in [2.24, 2.45) is 0 Å². The molecular formula is C12H6ClF6N3O. The van der Waals surface area contributed by atoms with Crippen molar-refractivity contribution in [3.05, 3.63) is 45.7 Å². The predicted molar refractivity (Wildman–Crippen MR) is 66.0 cm³/mol. The Hall–Kier alpha value is -2.10. The maximum Gasteiger partial charge on any atom is 0.416 e. The highest BCUT2D eigenvalue weighted by molar-refractivity contribution is 6.31. The molecular weight excluding hydrogens is 352 g/mol. The number of hydrogen-bond acceptors (Lipinski definition) is 3. The highest BCUT2D eigenvalue weighted by Gasteiger charge is 2.36. The smallest absolute Gasteiger partial charge is 0.296 e. The van der Waals surface area contributed by atoms with Crippen LogP contribution in [-0.4, -0.2) is 21.3 Å². The Labute approximate surface area is 129 Å². The van der Waals surface area contributed by atoms with E-state index in [1.54, 1.807) is 0 Å². The fourth-order valence-electron chi connectivity index (χ4n) is 1.77. The van der Waals surface area contributed by atoms with E-state index in [1.165, 1.54) is 0 Å². The molecule has 0 fully saturated rings. The molecule has 2 rings (SSSR count). The summed E-state index contributed by atoms with van der Waals surface area (Å²) in [6.45, 7) is -0.507. The summed E-state index contributed by atoms with van der Waals surface area (Å²) in [7, 11) is 0. The van der Waals surface area contributed by atoms with E-state index in [9.17, 15) is 31.1 Å². The van der Waals surface area contributed by atoms with Crippen LogP contribution in [0.15, 0.2) is 18.2 Å². The second-order valence-corrected chi connectivity index (χ2v) is 4.81. The number of carbonyl (C=O) groups excluding carboxylic acids is 1. The lowest BCUT2D eigenvalue weighted by Crippen LogP contribution is -2.13. The van der Waals surface area contributed by atoms with E-state index in [4.69, 9.17) is 11.6 Å². The minimum Gasteiger partial charge on any atom is -0.296 e. The summed E-state index contributed by atoms with van der Waals surface area (Å²) in [6.07, 6.45) is -9.63. The summed E-state index contributed by atoms with van der Waals surface area (Å²) in [5.74, 6) is 0. The van der Waals surface area contributed by atoms with Gasteiger partial charge in [0.15, 0.2) is 17.1 Å². The Morgan fingerprint density at radius 2 is 1.57 bits per heavy atom. The zero-order valence-electron chi connectivity index (χ0n) is 10.9. The standard InChI is InChI=1S/C12H6ClF6N3O/c13-10-9(5-23)20-21-22(10)4-6-1-7(11(14,15)16)3-8(2-6)12(17,18)19/h1-3,5H,4H2. The minimum atomic E-state index is -4.95. The van der Waals surface area contributed by atoms with Gasteiger partial charge >= 0.3 is 12.4 Å². The summed E-state index contributed by atoms with van der Waals surface area (Å²) >= 11 is 5.70. The number of halogens is 7. The lowest BCUT2D eigenvalue weighted by atomic mass is 10.0.